The van der Waals surface area contributed by atoms with Crippen molar-refractivity contribution in [3.63, 3.8) is 0 Å². The predicted octanol–water partition coefficient (Wildman–Crippen LogP) is 3.76. The van der Waals surface area contributed by atoms with E-state index in [1.807, 2.05) is 48.5 Å². The van der Waals surface area contributed by atoms with Gasteiger partial charge in [-0.15, -0.1) is 0 Å². The molecule has 2 heterocycles. The maximum Gasteiger partial charge on any atom is 0.123 e. The quantitative estimate of drug-likeness (QED) is 0.742. The Balaban J connectivity index is 2.01. The van der Waals surface area contributed by atoms with Crippen LogP contribution in [0.5, 0.6) is 5.75 Å². The van der Waals surface area contributed by atoms with Gasteiger partial charge in [0.1, 0.15) is 11.6 Å². The lowest BCUT2D eigenvalue weighted by atomic mass is 9.82. The Bertz CT molecular complexity index is 1020. The van der Waals surface area contributed by atoms with Gasteiger partial charge in [-0.25, -0.2) is 0 Å². The molecule has 126 valence electrons. The lowest BCUT2D eigenvalue weighted by Gasteiger charge is -2.36. The molecule has 1 unspecified atom stereocenters. The molecule has 1 aromatic heterocycles. The number of hydrogen-bond donors (Lipinski definition) is 2. The van der Waals surface area contributed by atoms with Crippen LogP contribution in [0.15, 0.2) is 84.5 Å². The fourth-order valence-corrected chi connectivity index (χ4v) is 3.39. The Kier molecular flexibility index (Phi) is 3.79. The first-order chi connectivity index (χ1) is 12.7. The minimum absolute atomic E-state index is 0.142. The number of rotatable bonds is 2. The van der Waals surface area contributed by atoms with Gasteiger partial charge in [0.05, 0.1) is 23.2 Å². The van der Waals surface area contributed by atoms with Gasteiger partial charge in [0.2, 0.25) is 0 Å². The number of hydrogen-bond acceptors (Lipinski definition) is 5. The SMILES string of the molecule is N#CC1=C(N)N(c2ccccc2)c2cc(O)ccc2C1c1cccnc1. The Hall–Kier alpha value is -3.78. The van der Waals surface area contributed by atoms with Crippen molar-refractivity contribution in [3.8, 4) is 11.8 Å². The van der Waals surface area contributed by atoms with E-state index in [4.69, 9.17) is 5.73 Å². The zero-order valence-corrected chi connectivity index (χ0v) is 13.9. The number of benzene rings is 2. The van der Waals surface area contributed by atoms with Crippen LogP contribution in [0.25, 0.3) is 0 Å². The standard InChI is InChI=1S/C21H16N4O/c22-12-18-20(14-5-4-10-24-13-14)17-9-8-16(26)11-19(17)25(21(18)23)15-6-2-1-3-7-15/h1-11,13,20,26H,23H2. The molecule has 0 saturated carbocycles. The molecule has 0 aliphatic carbocycles. The lowest BCUT2D eigenvalue weighted by Crippen LogP contribution is -2.31. The molecule has 0 bridgehead atoms. The molecule has 0 amide bonds. The Morgan fingerprint density at radius 1 is 1.08 bits per heavy atom. The summed E-state index contributed by atoms with van der Waals surface area (Å²) in [7, 11) is 0. The third-order valence-electron chi connectivity index (χ3n) is 4.52. The Labute approximate surface area is 151 Å². The fraction of sp³-hybridized carbons (Fsp3) is 0.0476. The summed E-state index contributed by atoms with van der Waals surface area (Å²) < 4.78 is 0. The first kappa shape index (κ1) is 15.7. The average Bonchev–Trinajstić information content (AvgIpc) is 2.68. The third-order valence-corrected chi connectivity index (χ3v) is 4.52. The normalized spacial score (nSPS) is 16.1. The first-order valence-corrected chi connectivity index (χ1v) is 8.18. The second-order valence-electron chi connectivity index (χ2n) is 6.04. The molecule has 26 heavy (non-hydrogen) atoms. The molecule has 5 heteroatoms. The minimum Gasteiger partial charge on any atom is -0.508 e. The summed E-state index contributed by atoms with van der Waals surface area (Å²) in [6.45, 7) is 0. The van der Waals surface area contributed by atoms with Gasteiger partial charge in [-0.05, 0) is 35.4 Å². The van der Waals surface area contributed by atoms with Crippen LogP contribution in [0.1, 0.15) is 17.0 Å². The largest absolute Gasteiger partial charge is 0.508 e. The predicted molar refractivity (Wildman–Crippen MR) is 99.6 cm³/mol. The van der Waals surface area contributed by atoms with E-state index in [0.717, 1.165) is 22.5 Å². The van der Waals surface area contributed by atoms with Crippen molar-refractivity contribution in [2.24, 2.45) is 5.73 Å². The van der Waals surface area contributed by atoms with Crippen LogP contribution in [0.3, 0.4) is 0 Å². The van der Waals surface area contributed by atoms with Crippen molar-refractivity contribution < 1.29 is 5.11 Å². The van der Waals surface area contributed by atoms with E-state index in [9.17, 15) is 10.4 Å². The van der Waals surface area contributed by atoms with E-state index in [1.54, 1.807) is 29.4 Å². The zero-order valence-electron chi connectivity index (χ0n) is 13.9. The van der Waals surface area contributed by atoms with Crippen LogP contribution in [-0.2, 0) is 0 Å². The van der Waals surface area contributed by atoms with E-state index in [2.05, 4.69) is 11.1 Å². The number of aromatic nitrogens is 1. The summed E-state index contributed by atoms with van der Waals surface area (Å²) in [5.41, 5.74) is 10.3. The number of phenolic OH excluding ortho intramolecular Hbond substituents is 1. The zero-order chi connectivity index (χ0) is 18.1. The van der Waals surface area contributed by atoms with Crippen LogP contribution in [0.4, 0.5) is 11.4 Å². The van der Waals surface area contributed by atoms with Gasteiger partial charge in [0.15, 0.2) is 0 Å². The van der Waals surface area contributed by atoms with Crippen LogP contribution < -0.4 is 10.6 Å². The number of nitriles is 1. The minimum atomic E-state index is -0.329. The highest BCUT2D eigenvalue weighted by Gasteiger charge is 2.34. The van der Waals surface area contributed by atoms with Gasteiger partial charge in [0, 0.05) is 24.1 Å². The number of pyridine rings is 1. The maximum absolute atomic E-state index is 10.1. The molecule has 1 aliphatic rings. The number of para-hydroxylation sites is 1. The number of nitrogens with two attached hydrogens (primary N) is 1. The maximum atomic E-state index is 10.1. The molecule has 1 aliphatic heterocycles. The number of aromatic hydroxyl groups is 1. The van der Waals surface area contributed by atoms with E-state index in [-0.39, 0.29) is 11.7 Å². The summed E-state index contributed by atoms with van der Waals surface area (Å²) in [6, 6.07) is 20.7. The van der Waals surface area contributed by atoms with Crippen molar-refractivity contribution in [2.45, 2.75) is 5.92 Å². The molecule has 0 spiro atoms. The van der Waals surface area contributed by atoms with Crippen molar-refractivity contribution in [3.05, 3.63) is 95.6 Å². The molecule has 5 nitrogen and oxygen atoms in total. The number of anilines is 2. The Morgan fingerprint density at radius 2 is 1.88 bits per heavy atom. The second kappa shape index (κ2) is 6.26. The van der Waals surface area contributed by atoms with Gasteiger partial charge in [-0.3, -0.25) is 9.88 Å². The molecular formula is C21H16N4O. The number of phenols is 1. The van der Waals surface area contributed by atoms with Crippen molar-refractivity contribution in [1.29, 1.82) is 5.26 Å². The molecular weight excluding hydrogens is 324 g/mol. The molecule has 3 aromatic rings. The highest BCUT2D eigenvalue weighted by Crippen LogP contribution is 2.46. The highest BCUT2D eigenvalue weighted by molar-refractivity contribution is 5.78. The molecule has 0 radical (unpaired) electrons. The smallest absolute Gasteiger partial charge is 0.123 e. The van der Waals surface area contributed by atoms with Crippen molar-refractivity contribution in [1.82, 2.24) is 4.98 Å². The molecule has 0 fully saturated rings. The van der Waals surface area contributed by atoms with Crippen LogP contribution >= 0.6 is 0 Å². The van der Waals surface area contributed by atoms with Gasteiger partial charge >= 0.3 is 0 Å². The summed E-state index contributed by atoms with van der Waals surface area (Å²) in [5.74, 6) is 0.165. The average molecular weight is 340 g/mol. The summed E-state index contributed by atoms with van der Waals surface area (Å²) in [4.78, 5) is 5.99. The second-order valence-corrected chi connectivity index (χ2v) is 6.04. The lowest BCUT2D eigenvalue weighted by molar-refractivity contribution is 0.475. The van der Waals surface area contributed by atoms with Crippen LogP contribution in [0, 0.1) is 11.3 Å². The van der Waals surface area contributed by atoms with Crippen molar-refractivity contribution >= 4 is 11.4 Å². The monoisotopic (exact) mass is 340 g/mol. The highest BCUT2D eigenvalue weighted by atomic mass is 16.3. The van der Waals surface area contributed by atoms with E-state index in [0.29, 0.717) is 11.4 Å². The molecule has 1 atom stereocenters. The summed E-state index contributed by atoms with van der Waals surface area (Å²) in [5, 5.41) is 19.9. The molecule has 4 rings (SSSR count). The van der Waals surface area contributed by atoms with E-state index in [1.165, 1.54) is 0 Å². The van der Waals surface area contributed by atoms with Gasteiger partial charge in [-0.2, -0.15) is 5.26 Å². The first-order valence-electron chi connectivity index (χ1n) is 8.18. The summed E-state index contributed by atoms with van der Waals surface area (Å²) in [6.07, 6.45) is 3.43. The van der Waals surface area contributed by atoms with Gasteiger partial charge in [-0.1, -0.05) is 30.3 Å². The topological polar surface area (TPSA) is 86.2 Å². The van der Waals surface area contributed by atoms with E-state index < -0.39 is 0 Å². The molecule has 2 aromatic carbocycles. The van der Waals surface area contributed by atoms with Crippen LogP contribution in [-0.4, -0.2) is 10.1 Å². The molecule has 3 N–H and O–H groups in total. The third kappa shape index (κ3) is 2.45. The van der Waals surface area contributed by atoms with E-state index >= 15 is 0 Å². The van der Waals surface area contributed by atoms with Gasteiger partial charge in [0.25, 0.3) is 0 Å². The van der Waals surface area contributed by atoms with Crippen LogP contribution in [0.2, 0.25) is 0 Å². The van der Waals surface area contributed by atoms with Crippen molar-refractivity contribution in [2.75, 3.05) is 4.90 Å². The Morgan fingerprint density at radius 3 is 2.58 bits per heavy atom. The fourth-order valence-electron chi connectivity index (χ4n) is 3.39. The molecule has 0 saturated heterocycles. The number of nitrogens with zero attached hydrogens (tertiary/aromatic N) is 3. The number of allylic oxidation sites excluding steroid dienone is 1. The number of fused-ring (bicyclic) bond motifs is 1. The van der Waals surface area contributed by atoms with Gasteiger partial charge < -0.3 is 10.8 Å². The summed E-state index contributed by atoms with van der Waals surface area (Å²) >= 11 is 0.